The highest BCUT2D eigenvalue weighted by Gasteiger charge is 2.18. The highest BCUT2D eigenvalue weighted by Crippen LogP contribution is 2.19. The molecule has 5 heteroatoms. The maximum Gasteiger partial charge on any atom is 0.0947 e. The Morgan fingerprint density at radius 1 is 1.41 bits per heavy atom. The first-order valence-corrected chi connectivity index (χ1v) is 5.91. The van der Waals surface area contributed by atoms with E-state index in [1.54, 1.807) is 0 Å². The molecule has 0 aliphatic rings. The van der Waals surface area contributed by atoms with E-state index in [9.17, 15) is 0 Å². The Kier molecular flexibility index (Phi) is 3.58. The third-order valence-corrected chi connectivity index (χ3v) is 2.77. The fourth-order valence-electron chi connectivity index (χ4n) is 1.90. The first-order chi connectivity index (χ1) is 8.22. The SMILES string of the molecule is CCCNC(c1cn(C)cn1)c1ccnn1C. The van der Waals surface area contributed by atoms with Crippen molar-refractivity contribution in [1.29, 1.82) is 0 Å². The van der Waals surface area contributed by atoms with Crippen LogP contribution in [0.3, 0.4) is 0 Å². The van der Waals surface area contributed by atoms with E-state index < -0.39 is 0 Å². The monoisotopic (exact) mass is 233 g/mol. The first kappa shape index (κ1) is 11.9. The van der Waals surface area contributed by atoms with Crippen LogP contribution in [0.5, 0.6) is 0 Å². The van der Waals surface area contributed by atoms with Crippen LogP contribution in [-0.4, -0.2) is 25.9 Å². The predicted octanol–water partition coefficient (Wildman–Crippen LogP) is 1.24. The van der Waals surface area contributed by atoms with Crippen molar-refractivity contribution in [1.82, 2.24) is 24.6 Å². The lowest BCUT2D eigenvalue weighted by Crippen LogP contribution is -2.25. The molecule has 2 rings (SSSR count). The Morgan fingerprint density at radius 2 is 2.24 bits per heavy atom. The molecule has 1 unspecified atom stereocenters. The molecular weight excluding hydrogens is 214 g/mol. The van der Waals surface area contributed by atoms with Crippen LogP contribution in [0.4, 0.5) is 0 Å². The summed E-state index contributed by atoms with van der Waals surface area (Å²) in [6.07, 6.45) is 6.78. The van der Waals surface area contributed by atoms with Crippen molar-refractivity contribution < 1.29 is 0 Å². The number of nitrogens with one attached hydrogen (secondary N) is 1. The van der Waals surface area contributed by atoms with Crippen molar-refractivity contribution in [3.8, 4) is 0 Å². The van der Waals surface area contributed by atoms with Crippen molar-refractivity contribution in [3.05, 3.63) is 36.2 Å². The maximum absolute atomic E-state index is 4.43. The average molecular weight is 233 g/mol. The fraction of sp³-hybridized carbons (Fsp3) is 0.500. The number of aryl methyl sites for hydroxylation is 2. The summed E-state index contributed by atoms with van der Waals surface area (Å²) < 4.78 is 3.86. The lowest BCUT2D eigenvalue weighted by Gasteiger charge is -2.16. The fourth-order valence-corrected chi connectivity index (χ4v) is 1.90. The lowest BCUT2D eigenvalue weighted by molar-refractivity contribution is 0.545. The van der Waals surface area contributed by atoms with Crippen molar-refractivity contribution in [3.63, 3.8) is 0 Å². The molecule has 0 saturated heterocycles. The van der Waals surface area contributed by atoms with Gasteiger partial charge in [0, 0.05) is 26.5 Å². The second kappa shape index (κ2) is 5.14. The molecule has 0 fully saturated rings. The molecule has 0 aliphatic carbocycles. The number of rotatable bonds is 5. The third-order valence-electron chi connectivity index (χ3n) is 2.77. The number of hydrogen-bond acceptors (Lipinski definition) is 3. The van der Waals surface area contributed by atoms with Crippen LogP contribution in [0.1, 0.15) is 30.8 Å². The van der Waals surface area contributed by atoms with E-state index in [1.165, 1.54) is 0 Å². The predicted molar refractivity (Wildman–Crippen MR) is 66.6 cm³/mol. The summed E-state index contributed by atoms with van der Waals surface area (Å²) in [6, 6.07) is 2.14. The summed E-state index contributed by atoms with van der Waals surface area (Å²) in [5.74, 6) is 0. The molecule has 0 saturated carbocycles. The highest BCUT2D eigenvalue weighted by molar-refractivity contribution is 5.19. The molecule has 0 aromatic carbocycles. The van der Waals surface area contributed by atoms with Crippen molar-refractivity contribution in [2.75, 3.05) is 6.54 Å². The average Bonchev–Trinajstić information content (AvgIpc) is 2.90. The van der Waals surface area contributed by atoms with E-state index >= 15 is 0 Å². The van der Waals surface area contributed by atoms with Gasteiger partial charge in [-0.25, -0.2) is 4.98 Å². The van der Waals surface area contributed by atoms with Gasteiger partial charge in [0.1, 0.15) is 0 Å². The van der Waals surface area contributed by atoms with Crippen LogP contribution in [0, 0.1) is 0 Å². The van der Waals surface area contributed by atoms with E-state index in [1.807, 2.05) is 48.1 Å². The quantitative estimate of drug-likeness (QED) is 0.845. The summed E-state index contributed by atoms with van der Waals surface area (Å²) in [6.45, 7) is 3.12. The molecule has 17 heavy (non-hydrogen) atoms. The second-order valence-electron chi connectivity index (χ2n) is 4.23. The van der Waals surface area contributed by atoms with Crippen LogP contribution in [0.25, 0.3) is 0 Å². The third kappa shape index (κ3) is 2.55. The van der Waals surface area contributed by atoms with E-state index in [4.69, 9.17) is 0 Å². The smallest absolute Gasteiger partial charge is 0.0947 e. The van der Waals surface area contributed by atoms with Gasteiger partial charge >= 0.3 is 0 Å². The Hall–Kier alpha value is -1.62. The molecule has 1 N–H and O–H groups in total. The van der Waals surface area contributed by atoms with Crippen molar-refractivity contribution in [2.45, 2.75) is 19.4 Å². The summed E-state index contributed by atoms with van der Waals surface area (Å²) in [4.78, 5) is 4.43. The van der Waals surface area contributed by atoms with Gasteiger partial charge in [-0.15, -0.1) is 0 Å². The number of aromatic nitrogens is 4. The number of nitrogens with zero attached hydrogens (tertiary/aromatic N) is 4. The lowest BCUT2D eigenvalue weighted by atomic mass is 10.1. The Balaban J connectivity index is 2.28. The molecule has 92 valence electrons. The van der Waals surface area contributed by atoms with Gasteiger partial charge in [0.2, 0.25) is 0 Å². The molecule has 2 heterocycles. The minimum absolute atomic E-state index is 0.114. The van der Waals surface area contributed by atoms with Gasteiger partial charge in [-0.2, -0.15) is 5.10 Å². The Bertz CT molecular complexity index is 471. The van der Waals surface area contributed by atoms with Crippen LogP contribution in [0.15, 0.2) is 24.8 Å². The molecule has 2 aromatic rings. The molecule has 0 amide bonds. The molecule has 5 nitrogen and oxygen atoms in total. The van der Waals surface area contributed by atoms with Crippen LogP contribution < -0.4 is 5.32 Å². The van der Waals surface area contributed by atoms with Gasteiger partial charge in [0.25, 0.3) is 0 Å². The van der Waals surface area contributed by atoms with Gasteiger partial charge in [-0.1, -0.05) is 6.92 Å². The molecule has 0 aliphatic heterocycles. The van der Waals surface area contributed by atoms with Crippen LogP contribution >= 0.6 is 0 Å². The van der Waals surface area contributed by atoms with Gasteiger partial charge in [0.15, 0.2) is 0 Å². The first-order valence-electron chi connectivity index (χ1n) is 5.91. The summed E-state index contributed by atoms with van der Waals surface area (Å²) in [5, 5.41) is 7.73. The van der Waals surface area contributed by atoms with Crippen LogP contribution in [0.2, 0.25) is 0 Å². The molecule has 2 aromatic heterocycles. The maximum atomic E-state index is 4.43. The zero-order valence-electron chi connectivity index (χ0n) is 10.6. The van der Waals surface area contributed by atoms with E-state index in [0.29, 0.717) is 0 Å². The summed E-state index contributed by atoms with van der Waals surface area (Å²) >= 11 is 0. The zero-order chi connectivity index (χ0) is 12.3. The topological polar surface area (TPSA) is 47.7 Å². The van der Waals surface area contributed by atoms with Gasteiger partial charge in [-0.05, 0) is 19.0 Å². The van der Waals surface area contributed by atoms with Crippen LogP contribution in [-0.2, 0) is 14.1 Å². The van der Waals surface area contributed by atoms with Gasteiger partial charge in [0.05, 0.1) is 23.8 Å². The molecular formula is C12H19N5. The van der Waals surface area contributed by atoms with Gasteiger partial charge in [-0.3, -0.25) is 4.68 Å². The minimum Gasteiger partial charge on any atom is -0.340 e. The van der Waals surface area contributed by atoms with E-state index in [0.717, 1.165) is 24.4 Å². The Morgan fingerprint density at radius 3 is 2.76 bits per heavy atom. The second-order valence-corrected chi connectivity index (χ2v) is 4.23. The number of imidazole rings is 1. The minimum atomic E-state index is 0.114. The van der Waals surface area contributed by atoms with Crippen molar-refractivity contribution in [2.24, 2.45) is 14.1 Å². The standard InChI is InChI=1S/C12H19N5/c1-4-6-13-12(10-8-16(2)9-14-10)11-5-7-15-17(11)3/h5,7-9,12-13H,4,6H2,1-3H3. The summed E-state index contributed by atoms with van der Waals surface area (Å²) in [7, 11) is 3.94. The van der Waals surface area contributed by atoms with Gasteiger partial charge < -0.3 is 9.88 Å². The molecule has 1 atom stereocenters. The molecule has 0 bridgehead atoms. The highest BCUT2D eigenvalue weighted by atomic mass is 15.3. The van der Waals surface area contributed by atoms with E-state index in [-0.39, 0.29) is 6.04 Å². The summed E-state index contributed by atoms with van der Waals surface area (Å²) in [5.41, 5.74) is 2.17. The van der Waals surface area contributed by atoms with Crippen molar-refractivity contribution >= 4 is 0 Å². The van der Waals surface area contributed by atoms with E-state index in [2.05, 4.69) is 22.3 Å². The molecule has 0 radical (unpaired) electrons. The Labute approximate surface area is 101 Å². The normalized spacial score (nSPS) is 12.9. The molecule has 0 spiro atoms. The zero-order valence-corrected chi connectivity index (χ0v) is 10.6. The number of hydrogen-bond donors (Lipinski definition) is 1. The largest absolute Gasteiger partial charge is 0.340 e.